The number of likely N-dealkylation sites (tertiary alicyclic amines) is 1. The zero-order valence-electron chi connectivity index (χ0n) is 20.0. The number of fused-ring (bicyclic) bond motifs is 1. The summed E-state index contributed by atoms with van der Waals surface area (Å²) in [7, 11) is -1.63. The van der Waals surface area contributed by atoms with Crippen LogP contribution in [0.4, 0.5) is 29.3 Å². The van der Waals surface area contributed by atoms with E-state index in [-0.39, 0.29) is 29.4 Å². The molecule has 2 aliphatic heterocycles. The van der Waals surface area contributed by atoms with E-state index in [0.29, 0.717) is 48.6 Å². The molecule has 2 aromatic rings. The molecule has 36 heavy (non-hydrogen) atoms. The molecule has 0 bridgehead atoms. The Balaban J connectivity index is 1.39. The number of ether oxygens (including phenoxy) is 1. The summed E-state index contributed by atoms with van der Waals surface area (Å²) < 4.78 is 61.4. The molecule has 194 valence electrons. The largest absolute Gasteiger partial charge is 0.444 e. The summed E-state index contributed by atoms with van der Waals surface area (Å²) in [6.07, 6.45) is 0.712. The summed E-state index contributed by atoms with van der Waals surface area (Å²) in [6, 6.07) is 5.86. The van der Waals surface area contributed by atoms with Crippen molar-refractivity contribution in [1.82, 2.24) is 9.62 Å². The van der Waals surface area contributed by atoms with Gasteiger partial charge in [-0.25, -0.2) is 26.9 Å². The second-order valence-corrected chi connectivity index (χ2v) is 10.9. The van der Waals surface area contributed by atoms with Gasteiger partial charge in [0.05, 0.1) is 16.7 Å². The van der Waals surface area contributed by atoms with Gasteiger partial charge in [-0.1, -0.05) is 0 Å². The van der Waals surface area contributed by atoms with Gasteiger partial charge in [-0.15, -0.1) is 0 Å². The molecular weight excluding hydrogens is 497 g/mol. The highest BCUT2D eigenvalue weighted by molar-refractivity contribution is 7.83. The van der Waals surface area contributed by atoms with E-state index >= 15 is 0 Å². The molecule has 2 aromatic carbocycles. The molecule has 2 aliphatic rings. The van der Waals surface area contributed by atoms with E-state index < -0.39 is 39.9 Å². The highest BCUT2D eigenvalue weighted by Crippen LogP contribution is 2.31. The molecule has 12 heteroatoms. The Morgan fingerprint density at radius 1 is 1.08 bits per heavy atom. The van der Waals surface area contributed by atoms with Crippen LogP contribution in [-0.4, -0.2) is 46.0 Å². The molecule has 2 heterocycles. The average Bonchev–Trinajstić information content (AvgIpc) is 2.81. The van der Waals surface area contributed by atoms with Gasteiger partial charge in [0.1, 0.15) is 16.6 Å². The molecule has 0 radical (unpaired) electrons. The molecule has 8 nitrogen and oxygen atoms in total. The van der Waals surface area contributed by atoms with Gasteiger partial charge in [-0.05, 0) is 57.7 Å². The van der Waals surface area contributed by atoms with Crippen molar-refractivity contribution in [2.75, 3.05) is 23.7 Å². The lowest BCUT2D eigenvalue weighted by Crippen LogP contribution is -2.51. The number of anilines is 2. The van der Waals surface area contributed by atoms with Gasteiger partial charge in [0.2, 0.25) is 0 Å². The Labute approximate surface area is 209 Å². The number of nitrogens with one attached hydrogen (secondary N) is 3. The molecule has 3 N–H and O–H groups in total. The van der Waals surface area contributed by atoms with Crippen LogP contribution in [-0.2, 0) is 15.7 Å². The van der Waals surface area contributed by atoms with Gasteiger partial charge in [0, 0.05) is 36.5 Å². The third-order valence-electron chi connectivity index (χ3n) is 5.89. The Morgan fingerprint density at radius 2 is 1.72 bits per heavy atom. The predicted octanol–water partition coefficient (Wildman–Crippen LogP) is 4.37. The number of benzene rings is 2. The molecule has 1 saturated heterocycles. The maximum atomic E-state index is 13.4. The molecule has 0 aromatic heterocycles. The lowest BCUT2D eigenvalue weighted by Gasteiger charge is -2.39. The van der Waals surface area contributed by atoms with Crippen molar-refractivity contribution in [2.45, 2.75) is 50.3 Å². The number of rotatable bonds is 3. The first-order chi connectivity index (χ1) is 16.9. The third kappa shape index (κ3) is 5.81. The summed E-state index contributed by atoms with van der Waals surface area (Å²) in [5, 5.41) is 5.61. The van der Waals surface area contributed by atoms with E-state index in [1.165, 1.54) is 12.1 Å². The monoisotopic (exact) mass is 524 g/mol. The number of hydrogen-bond donors (Lipinski definition) is 3. The van der Waals surface area contributed by atoms with Crippen LogP contribution in [0.3, 0.4) is 0 Å². The van der Waals surface area contributed by atoms with Gasteiger partial charge < -0.3 is 20.3 Å². The summed E-state index contributed by atoms with van der Waals surface area (Å²) in [5.74, 6) is -5.07. The lowest BCUT2D eigenvalue weighted by atomic mass is 9.94. The quantitative estimate of drug-likeness (QED) is 0.518. The topological polar surface area (TPSA) is 99.8 Å². The fourth-order valence-corrected chi connectivity index (χ4v) is 5.27. The van der Waals surface area contributed by atoms with Crippen molar-refractivity contribution in [3.63, 3.8) is 0 Å². The first-order valence-corrected chi connectivity index (χ1v) is 12.6. The maximum Gasteiger partial charge on any atom is 0.410 e. The molecular formula is C24H27F3N4O4S. The zero-order valence-corrected chi connectivity index (χ0v) is 20.8. The van der Waals surface area contributed by atoms with Crippen LogP contribution in [0.1, 0.15) is 44.0 Å². The number of amides is 2. The van der Waals surface area contributed by atoms with Crippen molar-refractivity contribution < 1.29 is 31.7 Å². The fraction of sp³-hybridized carbons (Fsp3) is 0.417. The van der Waals surface area contributed by atoms with Crippen LogP contribution in [0.2, 0.25) is 0 Å². The SMILES string of the molecule is CC(C)(C)OC(=O)N1CCC(C2Nc3ccc(C(=O)Nc4cc(F)c(F)c(F)c4)cc3S(=O)N2)CC1. The van der Waals surface area contributed by atoms with Crippen LogP contribution >= 0.6 is 0 Å². The maximum absolute atomic E-state index is 13.4. The minimum atomic E-state index is -1.63. The average molecular weight is 525 g/mol. The first kappa shape index (κ1) is 26.0. The first-order valence-electron chi connectivity index (χ1n) is 11.4. The van der Waals surface area contributed by atoms with E-state index in [0.717, 1.165) is 0 Å². The summed E-state index contributed by atoms with van der Waals surface area (Å²) in [5.41, 5.74) is -0.117. The Bertz CT molecular complexity index is 1190. The standard InChI is InChI=1S/C24H27F3N4O4S/c1-24(2,3)35-23(33)31-8-6-13(7-9-31)21-29-18-5-4-14(10-19(18)36(34)30-21)22(32)28-15-11-16(25)20(27)17(26)12-15/h4-5,10-13,21,29-30H,6-9H2,1-3H3,(H,28,32). The zero-order chi connectivity index (χ0) is 26.2. The van der Waals surface area contributed by atoms with Gasteiger partial charge in [-0.3, -0.25) is 4.79 Å². The Kier molecular flexibility index (Phi) is 7.28. The van der Waals surface area contributed by atoms with Crippen molar-refractivity contribution in [3.8, 4) is 0 Å². The van der Waals surface area contributed by atoms with E-state index in [1.54, 1.807) is 11.0 Å². The number of carbonyl (C=O) groups is 2. The van der Waals surface area contributed by atoms with Gasteiger partial charge >= 0.3 is 6.09 Å². The molecule has 1 fully saturated rings. The molecule has 0 saturated carbocycles. The van der Waals surface area contributed by atoms with E-state index in [2.05, 4.69) is 15.4 Å². The van der Waals surface area contributed by atoms with E-state index in [9.17, 15) is 27.0 Å². The van der Waals surface area contributed by atoms with Crippen LogP contribution in [0, 0.1) is 23.4 Å². The number of carbonyl (C=O) groups excluding carboxylic acids is 2. The second-order valence-electron chi connectivity index (χ2n) is 9.73. The number of halogens is 3. The smallest absolute Gasteiger partial charge is 0.410 e. The predicted molar refractivity (Wildman–Crippen MR) is 128 cm³/mol. The van der Waals surface area contributed by atoms with Crippen molar-refractivity contribution in [2.24, 2.45) is 5.92 Å². The van der Waals surface area contributed by atoms with E-state index in [1.807, 2.05) is 20.8 Å². The van der Waals surface area contributed by atoms with Crippen LogP contribution in [0.25, 0.3) is 0 Å². The van der Waals surface area contributed by atoms with Crippen molar-refractivity contribution in [3.05, 3.63) is 53.3 Å². The molecule has 2 amide bonds. The van der Waals surface area contributed by atoms with Gasteiger partial charge in [-0.2, -0.15) is 0 Å². The summed E-state index contributed by atoms with van der Waals surface area (Å²) in [6.45, 7) is 6.48. The normalized spacial score (nSPS) is 20.3. The molecule has 0 spiro atoms. The minimum absolute atomic E-state index is 0.104. The highest BCUT2D eigenvalue weighted by Gasteiger charge is 2.34. The highest BCUT2D eigenvalue weighted by atomic mass is 32.2. The Morgan fingerprint density at radius 3 is 2.33 bits per heavy atom. The minimum Gasteiger partial charge on any atom is -0.444 e. The van der Waals surface area contributed by atoms with Crippen molar-refractivity contribution >= 4 is 34.4 Å². The Hall–Kier alpha value is -3.12. The molecule has 2 unspecified atom stereocenters. The summed E-state index contributed by atoms with van der Waals surface area (Å²) >= 11 is 0. The lowest BCUT2D eigenvalue weighted by molar-refractivity contribution is 0.0175. The third-order valence-corrected chi connectivity index (χ3v) is 7.10. The van der Waals surface area contributed by atoms with Crippen LogP contribution in [0.15, 0.2) is 35.2 Å². The summed E-state index contributed by atoms with van der Waals surface area (Å²) in [4.78, 5) is 26.9. The fourth-order valence-electron chi connectivity index (χ4n) is 4.10. The van der Waals surface area contributed by atoms with Crippen molar-refractivity contribution in [1.29, 1.82) is 0 Å². The van der Waals surface area contributed by atoms with E-state index in [4.69, 9.17) is 4.74 Å². The van der Waals surface area contributed by atoms with Crippen LogP contribution in [0.5, 0.6) is 0 Å². The van der Waals surface area contributed by atoms with Gasteiger partial charge in [0.15, 0.2) is 17.5 Å². The van der Waals surface area contributed by atoms with Gasteiger partial charge in [0.25, 0.3) is 5.91 Å². The molecule has 2 atom stereocenters. The number of hydrogen-bond acceptors (Lipinski definition) is 5. The second kappa shape index (κ2) is 10.1. The van der Waals surface area contributed by atoms with Crippen LogP contribution < -0.4 is 15.4 Å². The number of piperidine rings is 1. The molecule has 4 rings (SSSR count). The molecule has 0 aliphatic carbocycles. The number of nitrogens with zero attached hydrogens (tertiary/aromatic N) is 1.